The second-order valence-corrected chi connectivity index (χ2v) is 34.0. The van der Waals surface area contributed by atoms with E-state index < -0.39 is 0 Å². The molecule has 12 aromatic carbocycles. The third-order valence-corrected chi connectivity index (χ3v) is 21.4. The standard InChI is InChI=1S/C90H84N4/c1-85(2,3)50-37-47(38-51(43-50)86(4,5)6)72-65-31-32-66(91-65)73(48-39-52(87(7,8)9)44-53(40-48)88(10,11)12)68-35-36-70(93-68)82-79-63-30-29-61-57-24-20-19-23-56(57)60-27-28-62-58-25-21-22-26-59(58)77(83-78(62)75(60)76(61)80(63)83)81(79)64-46-71(94-84(64)82)74(69-34-33-67(72)92-69)49-41-54(89(13,14)15)45-55(42-49)90(16,17)18/h19-46,92-93H,1-18H3. The summed E-state index contributed by atoms with van der Waals surface area (Å²) in [6, 6.07) is 61.8. The summed E-state index contributed by atoms with van der Waals surface area (Å²) in [6.45, 7) is 42.1. The van der Waals surface area contributed by atoms with Crippen LogP contribution in [0.4, 0.5) is 0 Å². The molecule has 4 heteroatoms. The van der Waals surface area contributed by atoms with Crippen molar-refractivity contribution in [2.75, 3.05) is 0 Å². The van der Waals surface area contributed by atoms with Crippen LogP contribution in [0.3, 0.4) is 0 Å². The van der Waals surface area contributed by atoms with Crippen LogP contribution >= 0.6 is 0 Å². The molecule has 1 aliphatic rings. The zero-order valence-electron chi connectivity index (χ0n) is 58.1. The first-order valence-corrected chi connectivity index (χ1v) is 34.1. The number of fused-ring (bicyclic) bond motifs is 19. The summed E-state index contributed by atoms with van der Waals surface area (Å²) in [5, 5.41) is 23.2. The molecule has 464 valence electrons. The quantitative estimate of drug-likeness (QED) is 0.173. The number of nitrogens with one attached hydrogen (secondary N) is 2. The van der Waals surface area contributed by atoms with Gasteiger partial charge in [-0.25, -0.2) is 9.97 Å². The van der Waals surface area contributed by atoms with Crippen LogP contribution in [0.15, 0.2) is 158 Å². The van der Waals surface area contributed by atoms with Crippen molar-refractivity contribution < 1.29 is 0 Å². The van der Waals surface area contributed by atoms with Gasteiger partial charge in [0.1, 0.15) is 0 Å². The Morgan fingerprint density at radius 2 is 0.543 bits per heavy atom. The lowest BCUT2D eigenvalue weighted by molar-refractivity contribution is 0.568. The van der Waals surface area contributed by atoms with Gasteiger partial charge in [-0.3, -0.25) is 0 Å². The number of aromatic nitrogens is 4. The predicted molar refractivity (Wildman–Crippen MR) is 409 cm³/mol. The Labute approximate surface area is 551 Å². The van der Waals surface area contributed by atoms with Crippen LogP contribution < -0.4 is 0 Å². The highest BCUT2D eigenvalue weighted by Gasteiger charge is 2.32. The first-order chi connectivity index (χ1) is 44.4. The number of nitrogens with zero attached hydrogens (tertiary/aromatic N) is 2. The molecule has 94 heavy (non-hydrogen) atoms. The molecule has 8 bridgehead atoms. The summed E-state index contributed by atoms with van der Waals surface area (Å²) in [5.41, 5.74) is 21.4. The van der Waals surface area contributed by atoms with Gasteiger partial charge in [-0.2, -0.15) is 0 Å². The number of benzene rings is 10. The molecule has 0 aliphatic carbocycles. The number of hydrogen-bond acceptors (Lipinski definition) is 2. The Kier molecular flexibility index (Phi) is 11.9. The number of H-pyrrole nitrogens is 2. The molecule has 0 spiro atoms. The molecule has 17 rings (SSSR count). The smallest absolute Gasteiger partial charge is 0.0816 e. The van der Waals surface area contributed by atoms with E-state index in [1.165, 1.54) is 120 Å². The van der Waals surface area contributed by atoms with E-state index in [2.05, 4.69) is 304 Å². The summed E-state index contributed by atoms with van der Waals surface area (Å²) in [7, 11) is 0. The van der Waals surface area contributed by atoms with Crippen molar-refractivity contribution in [3.05, 3.63) is 202 Å². The molecule has 16 aromatic rings. The Morgan fingerprint density at radius 3 is 0.957 bits per heavy atom. The number of rotatable bonds is 3. The van der Waals surface area contributed by atoms with Crippen molar-refractivity contribution in [3.63, 3.8) is 0 Å². The van der Waals surface area contributed by atoms with E-state index >= 15 is 0 Å². The molecule has 0 amide bonds. The Bertz CT molecular complexity index is 5970. The zero-order chi connectivity index (χ0) is 65.6. The van der Waals surface area contributed by atoms with Crippen LogP contribution in [0.2, 0.25) is 0 Å². The van der Waals surface area contributed by atoms with E-state index in [1.807, 2.05) is 0 Å². The van der Waals surface area contributed by atoms with Crippen LogP contribution in [-0.4, -0.2) is 19.9 Å². The summed E-state index contributed by atoms with van der Waals surface area (Å²) < 4.78 is 0. The van der Waals surface area contributed by atoms with E-state index in [9.17, 15) is 0 Å². The van der Waals surface area contributed by atoms with Gasteiger partial charge in [0.25, 0.3) is 0 Å². The number of hydrogen-bond donors (Lipinski definition) is 2. The third kappa shape index (κ3) is 8.56. The molecule has 0 saturated carbocycles. The predicted octanol–water partition coefficient (Wildman–Crippen LogP) is 25.7. The molecule has 2 N–H and O–H groups in total. The van der Waals surface area contributed by atoms with E-state index in [4.69, 9.17) is 9.97 Å². The fourth-order valence-corrected chi connectivity index (χ4v) is 16.1. The van der Waals surface area contributed by atoms with E-state index in [1.54, 1.807) is 0 Å². The molecule has 4 nitrogen and oxygen atoms in total. The van der Waals surface area contributed by atoms with Gasteiger partial charge in [0.05, 0.1) is 22.4 Å². The maximum absolute atomic E-state index is 6.23. The van der Waals surface area contributed by atoms with Crippen molar-refractivity contribution in [2.24, 2.45) is 0 Å². The first-order valence-electron chi connectivity index (χ1n) is 34.1. The van der Waals surface area contributed by atoms with Crippen molar-refractivity contribution in [3.8, 4) is 33.4 Å². The van der Waals surface area contributed by atoms with Gasteiger partial charge < -0.3 is 9.97 Å². The molecule has 0 saturated heterocycles. The summed E-state index contributed by atoms with van der Waals surface area (Å²) in [6.07, 6.45) is 4.56. The van der Waals surface area contributed by atoms with E-state index in [-0.39, 0.29) is 32.5 Å². The topological polar surface area (TPSA) is 57.4 Å². The normalized spacial score (nSPS) is 13.8. The van der Waals surface area contributed by atoms with Gasteiger partial charge in [-0.05, 0) is 200 Å². The monoisotopic (exact) mass is 1220 g/mol. The fraction of sp³-hybridized carbons (Fsp3) is 0.267. The highest BCUT2D eigenvalue weighted by atomic mass is 14.8. The molecule has 1 aliphatic heterocycles. The van der Waals surface area contributed by atoms with Crippen LogP contribution in [0.5, 0.6) is 0 Å². The van der Waals surface area contributed by atoms with Crippen molar-refractivity contribution in [2.45, 2.75) is 157 Å². The van der Waals surface area contributed by atoms with Gasteiger partial charge in [-0.1, -0.05) is 252 Å². The molecular weight excluding hydrogens is 1140 g/mol. The van der Waals surface area contributed by atoms with Gasteiger partial charge in [-0.15, -0.1) is 0 Å². The highest BCUT2D eigenvalue weighted by molar-refractivity contribution is 6.57. The minimum absolute atomic E-state index is 0.122. The largest absolute Gasteiger partial charge is 0.354 e. The summed E-state index contributed by atoms with van der Waals surface area (Å²) in [4.78, 5) is 20.7. The van der Waals surface area contributed by atoms with Crippen molar-refractivity contribution in [1.82, 2.24) is 19.9 Å². The maximum atomic E-state index is 6.23. The lowest BCUT2D eigenvalue weighted by atomic mass is 9.78. The van der Waals surface area contributed by atoms with Crippen molar-refractivity contribution >= 4 is 142 Å². The Hall–Kier alpha value is -9.38. The third-order valence-electron chi connectivity index (χ3n) is 21.4. The van der Waals surface area contributed by atoms with Gasteiger partial charge in [0, 0.05) is 60.3 Å². The second kappa shape index (κ2) is 19.2. The molecule has 5 heterocycles. The fourth-order valence-electron chi connectivity index (χ4n) is 16.1. The van der Waals surface area contributed by atoms with Gasteiger partial charge in [0.2, 0.25) is 0 Å². The summed E-state index contributed by atoms with van der Waals surface area (Å²) in [5.74, 6) is 0. The second-order valence-electron chi connectivity index (χ2n) is 34.0. The highest BCUT2D eigenvalue weighted by Crippen LogP contribution is 2.58. The molecular formula is C90H84N4. The van der Waals surface area contributed by atoms with E-state index in [0.29, 0.717) is 0 Å². The minimum Gasteiger partial charge on any atom is -0.354 e. The molecule has 0 atom stereocenters. The van der Waals surface area contributed by atoms with E-state index in [0.717, 1.165) is 88.6 Å². The van der Waals surface area contributed by atoms with Crippen molar-refractivity contribution in [1.29, 1.82) is 0 Å². The van der Waals surface area contributed by atoms with Crippen LogP contribution in [0.1, 0.15) is 169 Å². The average Bonchev–Trinajstić information content (AvgIpc) is 1.49. The lowest BCUT2D eigenvalue weighted by Gasteiger charge is -2.26. The Balaban J connectivity index is 1.14. The maximum Gasteiger partial charge on any atom is 0.0816 e. The average molecular weight is 1220 g/mol. The number of aromatic amines is 2. The Morgan fingerprint density at radius 1 is 0.245 bits per heavy atom. The molecule has 0 radical (unpaired) electrons. The summed E-state index contributed by atoms with van der Waals surface area (Å²) >= 11 is 0. The van der Waals surface area contributed by atoms with Gasteiger partial charge >= 0.3 is 0 Å². The lowest BCUT2D eigenvalue weighted by Crippen LogP contribution is -2.16. The zero-order valence-corrected chi connectivity index (χ0v) is 58.1. The minimum atomic E-state index is -0.137. The van der Waals surface area contributed by atoms with Gasteiger partial charge in [0.15, 0.2) is 0 Å². The van der Waals surface area contributed by atoms with Crippen LogP contribution in [0.25, 0.3) is 176 Å². The SMILES string of the molecule is CC(C)(C)c1cc(-c2c3nc(c(-c4cc(C(C)(C)C)cc(C(C)(C)C)c4)c4ccc([nH]4)c4c5nc(cc5c5c4c4ccc6c7ccccc7c7ccc8c9ccccc9c5c5c8c7c6c45)c(-c4cc(C(C)(C)C)cc(C(C)(C)C)c4)c4ccc2[nH]4)C=C3)cc(C(C)(C)C)c1. The first kappa shape index (κ1) is 58.4. The molecule has 0 fully saturated rings. The van der Waals surface area contributed by atoms with Crippen LogP contribution in [0, 0.1) is 0 Å². The molecule has 0 unspecified atom stereocenters. The van der Waals surface area contributed by atoms with Crippen LogP contribution in [-0.2, 0) is 32.5 Å². The molecule has 4 aromatic heterocycles.